The SMILES string of the molecule is C=C(C)C1CC(C)C(C)=N1. The molecule has 0 radical (unpaired) electrons. The molecule has 0 amide bonds. The van der Waals surface area contributed by atoms with Gasteiger partial charge in [0.25, 0.3) is 0 Å². The molecule has 2 atom stereocenters. The van der Waals surface area contributed by atoms with Crippen LogP contribution in [0, 0.1) is 5.92 Å². The average molecular weight is 137 g/mol. The predicted molar refractivity (Wildman–Crippen MR) is 45.5 cm³/mol. The molecule has 1 heterocycles. The molecule has 0 N–H and O–H groups in total. The van der Waals surface area contributed by atoms with Crippen molar-refractivity contribution in [1.29, 1.82) is 0 Å². The van der Waals surface area contributed by atoms with Crippen molar-refractivity contribution < 1.29 is 0 Å². The van der Waals surface area contributed by atoms with E-state index in [0.717, 1.165) is 0 Å². The molecule has 2 unspecified atom stereocenters. The van der Waals surface area contributed by atoms with Gasteiger partial charge in [-0.3, -0.25) is 4.99 Å². The summed E-state index contributed by atoms with van der Waals surface area (Å²) < 4.78 is 0. The number of hydrogen-bond donors (Lipinski definition) is 0. The first kappa shape index (κ1) is 7.52. The van der Waals surface area contributed by atoms with Crippen molar-refractivity contribution in [2.45, 2.75) is 33.2 Å². The maximum Gasteiger partial charge on any atom is 0.0709 e. The van der Waals surface area contributed by atoms with Gasteiger partial charge in [0.2, 0.25) is 0 Å². The van der Waals surface area contributed by atoms with E-state index < -0.39 is 0 Å². The van der Waals surface area contributed by atoms with E-state index in [0.29, 0.717) is 12.0 Å². The van der Waals surface area contributed by atoms with Gasteiger partial charge in [0.15, 0.2) is 0 Å². The van der Waals surface area contributed by atoms with Crippen LogP contribution in [0.15, 0.2) is 17.1 Å². The Hall–Kier alpha value is -0.590. The Morgan fingerprint density at radius 3 is 2.50 bits per heavy atom. The Labute approximate surface area is 62.9 Å². The van der Waals surface area contributed by atoms with Crippen LogP contribution in [0.5, 0.6) is 0 Å². The van der Waals surface area contributed by atoms with E-state index in [4.69, 9.17) is 0 Å². The summed E-state index contributed by atoms with van der Waals surface area (Å²) in [5.74, 6) is 0.668. The van der Waals surface area contributed by atoms with E-state index in [9.17, 15) is 0 Å². The molecule has 0 saturated heterocycles. The molecule has 0 bridgehead atoms. The third-order valence-corrected chi connectivity index (χ3v) is 2.22. The lowest BCUT2D eigenvalue weighted by molar-refractivity contribution is 0.659. The number of aliphatic imine (C=N–C) groups is 1. The smallest absolute Gasteiger partial charge is 0.0709 e. The minimum Gasteiger partial charge on any atom is -0.286 e. The fourth-order valence-corrected chi connectivity index (χ4v) is 1.24. The molecule has 0 aromatic carbocycles. The van der Waals surface area contributed by atoms with Crippen molar-refractivity contribution in [3.63, 3.8) is 0 Å². The third-order valence-electron chi connectivity index (χ3n) is 2.22. The highest BCUT2D eigenvalue weighted by atomic mass is 14.8. The Morgan fingerprint density at radius 2 is 2.30 bits per heavy atom. The second-order valence-corrected chi connectivity index (χ2v) is 3.27. The summed E-state index contributed by atoms with van der Waals surface area (Å²) in [4.78, 5) is 4.49. The van der Waals surface area contributed by atoms with Crippen LogP contribution in [0.2, 0.25) is 0 Å². The molecule has 0 aromatic rings. The molecule has 0 fully saturated rings. The molecule has 0 aromatic heterocycles. The maximum atomic E-state index is 4.49. The van der Waals surface area contributed by atoms with E-state index in [2.05, 4.69) is 32.3 Å². The van der Waals surface area contributed by atoms with Crippen LogP contribution in [-0.4, -0.2) is 11.8 Å². The van der Waals surface area contributed by atoms with Crippen LogP contribution in [-0.2, 0) is 0 Å². The van der Waals surface area contributed by atoms with Crippen LogP contribution in [0.1, 0.15) is 27.2 Å². The van der Waals surface area contributed by atoms with E-state index in [1.165, 1.54) is 17.7 Å². The highest BCUT2D eigenvalue weighted by molar-refractivity contribution is 5.86. The second kappa shape index (κ2) is 2.57. The van der Waals surface area contributed by atoms with Crippen molar-refractivity contribution in [2.24, 2.45) is 10.9 Å². The third kappa shape index (κ3) is 1.28. The molecule has 1 heteroatoms. The average Bonchev–Trinajstić information content (AvgIpc) is 2.13. The fourth-order valence-electron chi connectivity index (χ4n) is 1.24. The van der Waals surface area contributed by atoms with Gasteiger partial charge in [0, 0.05) is 5.71 Å². The highest BCUT2D eigenvalue weighted by Crippen LogP contribution is 2.23. The summed E-state index contributed by atoms with van der Waals surface area (Å²) in [5, 5.41) is 0. The van der Waals surface area contributed by atoms with E-state index in [1.807, 2.05) is 0 Å². The topological polar surface area (TPSA) is 12.4 Å². The van der Waals surface area contributed by atoms with Gasteiger partial charge in [-0.1, -0.05) is 19.1 Å². The summed E-state index contributed by atoms with van der Waals surface area (Å²) >= 11 is 0. The Balaban J connectivity index is 2.65. The van der Waals surface area contributed by atoms with Crippen molar-refractivity contribution in [1.82, 2.24) is 0 Å². The Morgan fingerprint density at radius 1 is 1.70 bits per heavy atom. The predicted octanol–water partition coefficient (Wildman–Crippen LogP) is 2.43. The second-order valence-electron chi connectivity index (χ2n) is 3.27. The highest BCUT2D eigenvalue weighted by Gasteiger charge is 2.21. The lowest BCUT2D eigenvalue weighted by Crippen LogP contribution is -2.03. The van der Waals surface area contributed by atoms with Gasteiger partial charge < -0.3 is 0 Å². The quantitative estimate of drug-likeness (QED) is 0.492. The van der Waals surface area contributed by atoms with Crippen molar-refractivity contribution in [3.8, 4) is 0 Å². The molecular formula is C9H15N. The van der Waals surface area contributed by atoms with Crippen LogP contribution < -0.4 is 0 Å². The van der Waals surface area contributed by atoms with Gasteiger partial charge in [-0.15, -0.1) is 0 Å². The van der Waals surface area contributed by atoms with Gasteiger partial charge in [0.1, 0.15) is 0 Å². The summed E-state index contributed by atoms with van der Waals surface area (Å²) in [7, 11) is 0. The zero-order chi connectivity index (χ0) is 7.72. The van der Waals surface area contributed by atoms with Crippen molar-refractivity contribution in [3.05, 3.63) is 12.2 Å². The molecule has 0 spiro atoms. The zero-order valence-electron chi connectivity index (χ0n) is 7.02. The Bertz CT molecular complexity index is 179. The summed E-state index contributed by atoms with van der Waals surface area (Å²) in [5.41, 5.74) is 2.48. The molecule has 1 aliphatic heterocycles. The molecule has 1 aliphatic rings. The standard InChI is InChI=1S/C9H15N/c1-6(2)9-5-7(3)8(4)10-9/h7,9H,1,5H2,2-4H3. The largest absolute Gasteiger partial charge is 0.286 e. The van der Waals surface area contributed by atoms with Crippen LogP contribution in [0.4, 0.5) is 0 Å². The van der Waals surface area contributed by atoms with Gasteiger partial charge in [-0.05, 0) is 26.2 Å². The normalized spacial score (nSPS) is 32.1. The maximum absolute atomic E-state index is 4.49. The molecule has 1 nitrogen and oxygen atoms in total. The van der Waals surface area contributed by atoms with Crippen LogP contribution in [0.3, 0.4) is 0 Å². The van der Waals surface area contributed by atoms with E-state index in [-0.39, 0.29) is 0 Å². The molecule has 1 rings (SSSR count). The fraction of sp³-hybridized carbons (Fsp3) is 0.667. The summed E-state index contributed by atoms with van der Waals surface area (Å²) in [6, 6.07) is 0.412. The van der Waals surface area contributed by atoms with E-state index in [1.54, 1.807) is 0 Å². The zero-order valence-corrected chi connectivity index (χ0v) is 7.02. The lowest BCUT2D eigenvalue weighted by atomic mass is 10.00. The molecule has 0 aliphatic carbocycles. The number of nitrogens with zero attached hydrogens (tertiary/aromatic N) is 1. The minimum absolute atomic E-state index is 0.412. The van der Waals surface area contributed by atoms with Gasteiger partial charge >= 0.3 is 0 Å². The lowest BCUT2D eigenvalue weighted by Gasteiger charge is -2.05. The van der Waals surface area contributed by atoms with Crippen molar-refractivity contribution in [2.75, 3.05) is 0 Å². The number of hydrogen-bond acceptors (Lipinski definition) is 1. The Kier molecular flexibility index (Phi) is 1.93. The monoisotopic (exact) mass is 137 g/mol. The van der Waals surface area contributed by atoms with Gasteiger partial charge in [-0.25, -0.2) is 0 Å². The molecular weight excluding hydrogens is 122 g/mol. The minimum atomic E-state index is 0.412. The summed E-state index contributed by atoms with van der Waals surface area (Å²) in [6.45, 7) is 10.3. The first-order valence-corrected chi connectivity index (χ1v) is 3.81. The van der Waals surface area contributed by atoms with Gasteiger partial charge in [0.05, 0.1) is 6.04 Å². The van der Waals surface area contributed by atoms with Crippen LogP contribution in [0.25, 0.3) is 0 Å². The summed E-state index contributed by atoms with van der Waals surface area (Å²) in [6.07, 6.45) is 1.17. The van der Waals surface area contributed by atoms with Gasteiger partial charge in [-0.2, -0.15) is 0 Å². The van der Waals surface area contributed by atoms with E-state index >= 15 is 0 Å². The number of rotatable bonds is 1. The molecule has 10 heavy (non-hydrogen) atoms. The van der Waals surface area contributed by atoms with Crippen molar-refractivity contribution >= 4 is 5.71 Å². The molecule has 56 valence electrons. The van der Waals surface area contributed by atoms with Crippen LogP contribution >= 0.6 is 0 Å². The first-order chi connectivity index (χ1) is 4.61. The first-order valence-electron chi connectivity index (χ1n) is 3.81. The molecule has 0 saturated carbocycles.